The van der Waals surface area contributed by atoms with Crippen LogP contribution in [-0.4, -0.2) is 60.4 Å². The number of hydrogen-bond acceptors (Lipinski definition) is 9. The number of ether oxygens (including phenoxy) is 6. The zero-order valence-corrected chi connectivity index (χ0v) is 19.9. The third kappa shape index (κ3) is 4.43. The Hall–Kier alpha value is -3.95. The average molecular weight is 473 g/mol. The van der Waals surface area contributed by atoms with Crippen LogP contribution in [0, 0.1) is 0 Å². The van der Waals surface area contributed by atoms with Gasteiger partial charge in [-0.25, -0.2) is 9.69 Å². The van der Waals surface area contributed by atoms with Crippen molar-refractivity contribution in [1.29, 1.82) is 0 Å². The summed E-state index contributed by atoms with van der Waals surface area (Å²) in [6.07, 6.45) is 0.0265. The number of hydrogen-bond donors (Lipinski definition) is 0. The van der Waals surface area contributed by atoms with E-state index in [1.165, 1.54) is 54.8 Å². The number of nitrogens with zero attached hydrogens (tertiary/aromatic N) is 1. The van der Waals surface area contributed by atoms with E-state index in [0.717, 1.165) is 4.90 Å². The van der Waals surface area contributed by atoms with E-state index < -0.39 is 23.7 Å². The van der Waals surface area contributed by atoms with Crippen molar-refractivity contribution in [2.75, 3.05) is 47.6 Å². The lowest BCUT2D eigenvalue weighted by Gasteiger charge is -2.32. The van der Waals surface area contributed by atoms with Crippen molar-refractivity contribution in [1.82, 2.24) is 0 Å². The van der Waals surface area contributed by atoms with Crippen molar-refractivity contribution in [3.05, 3.63) is 35.4 Å². The normalized spacial score (nSPS) is 14.0. The maximum atomic E-state index is 13.2. The summed E-state index contributed by atoms with van der Waals surface area (Å²) in [5.41, 5.74) is 0.771. The molecule has 0 radical (unpaired) electrons. The van der Waals surface area contributed by atoms with Crippen LogP contribution in [0.1, 0.15) is 34.7 Å². The summed E-state index contributed by atoms with van der Waals surface area (Å²) in [4.78, 5) is 39.9. The van der Waals surface area contributed by atoms with Gasteiger partial charge in [-0.15, -0.1) is 0 Å². The van der Waals surface area contributed by atoms with E-state index in [-0.39, 0.29) is 35.6 Å². The summed E-state index contributed by atoms with van der Waals surface area (Å²) in [6.45, 7) is 0. The minimum absolute atomic E-state index is 0.00749. The Kier molecular flexibility index (Phi) is 7.50. The minimum atomic E-state index is -0.719. The van der Waals surface area contributed by atoms with Gasteiger partial charge in [-0.05, 0) is 17.7 Å². The first-order valence-corrected chi connectivity index (χ1v) is 10.3. The number of piperidine rings is 1. The zero-order chi connectivity index (χ0) is 25.0. The molecule has 1 heterocycles. The van der Waals surface area contributed by atoms with Crippen LogP contribution in [0.25, 0.3) is 0 Å². The molecule has 2 aromatic rings. The first-order valence-electron chi connectivity index (χ1n) is 10.3. The molecule has 3 rings (SSSR count). The molecule has 1 aliphatic heterocycles. The molecule has 0 unspecified atom stereocenters. The third-order valence-electron chi connectivity index (χ3n) is 5.65. The minimum Gasteiger partial charge on any atom is -0.493 e. The highest BCUT2D eigenvalue weighted by atomic mass is 16.5. The van der Waals surface area contributed by atoms with Crippen LogP contribution < -0.4 is 28.6 Å². The van der Waals surface area contributed by atoms with E-state index in [2.05, 4.69) is 0 Å². The first-order chi connectivity index (χ1) is 16.3. The van der Waals surface area contributed by atoms with Gasteiger partial charge in [-0.3, -0.25) is 9.59 Å². The Morgan fingerprint density at radius 2 is 1.24 bits per heavy atom. The van der Waals surface area contributed by atoms with Crippen LogP contribution >= 0.6 is 0 Å². The van der Waals surface area contributed by atoms with Crippen LogP contribution in [0.3, 0.4) is 0 Å². The molecule has 0 atom stereocenters. The van der Waals surface area contributed by atoms with Gasteiger partial charge in [-0.2, -0.15) is 0 Å². The molecule has 10 heteroatoms. The number of carbonyl (C=O) groups excluding carboxylic acids is 3. The molecular weight excluding hydrogens is 446 g/mol. The van der Waals surface area contributed by atoms with E-state index in [1.54, 1.807) is 12.1 Å². The fourth-order valence-electron chi connectivity index (χ4n) is 3.98. The van der Waals surface area contributed by atoms with E-state index >= 15 is 0 Å². The fourth-order valence-corrected chi connectivity index (χ4v) is 3.98. The molecule has 34 heavy (non-hydrogen) atoms. The number of esters is 1. The lowest BCUT2D eigenvalue weighted by Crippen LogP contribution is -2.43. The van der Waals surface area contributed by atoms with Gasteiger partial charge < -0.3 is 28.4 Å². The van der Waals surface area contributed by atoms with Crippen LogP contribution in [0.2, 0.25) is 0 Å². The number of anilines is 1. The molecule has 0 bridgehead atoms. The van der Waals surface area contributed by atoms with Gasteiger partial charge >= 0.3 is 5.97 Å². The summed E-state index contributed by atoms with van der Waals surface area (Å²) in [7, 11) is 8.52. The number of methoxy groups -OCH3 is 6. The molecule has 1 saturated heterocycles. The highest BCUT2D eigenvalue weighted by molar-refractivity contribution is 6.19. The average Bonchev–Trinajstić information content (AvgIpc) is 2.86. The summed E-state index contributed by atoms with van der Waals surface area (Å²) >= 11 is 0. The fraction of sp³-hybridized carbons (Fsp3) is 0.375. The van der Waals surface area contributed by atoms with Crippen LogP contribution in [0.5, 0.6) is 28.7 Å². The maximum absolute atomic E-state index is 13.2. The molecule has 1 fully saturated rings. The Morgan fingerprint density at radius 1 is 0.735 bits per heavy atom. The largest absolute Gasteiger partial charge is 0.493 e. The summed E-state index contributed by atoms with van der Waals surface area (Å²) in [5.74, 6) is -0.318. The van der Waals surface area contributed by atoms with Gasteiger partial charge in [0.15, 0.2) is 23.0 Å². The van der Waals surface area contributed by atoms with Gasteiger partial charge in [-0.1, -0.05) is 0 Å². The van der Waals surface area contributed by atoms with Crippen LogP contribution in [-0.2, 0) is 14.3 Å². The zero-order valence-electron chi connectivity index (χ0n) is 19.9. The highest BCUT2D eigenvalue weighted by Crippen LogP contribution is 2.44. The van der Waals surface area contributed by atoms with Gasteiger partial charge in [0.1, 0.15) is 0 Å². The number of rotatable bonds is 8. The van der Waals surface area contributed by atoms with Crippen molar-refractivity contribution >= 4 is 23.5 Å². The molecular formula is C24H27NO9. The number of amides is 2. The molecule has 0 spiro atoms. The predicted molar refractivity (Wildman–Crippen MR) is 121 cm³/mol. The number of imide groups is 1. The number of carbonyl (C=O) groups is 3. The lowest BCUT2D eigenvalue weighted by atomic mass is 9.87. The summed E-state index contributed by atoms with van der Waals surface area (Å²) < 4.78 is 31.5. The Morgan fingerprint density at radius 3 is 1.68 bits per heavy atom. The molecule has 2 amide bonds. The summed E-state index contributed by atoms with van der Waals surface area (Å²) in [5, 5.41) is 0. The molecule has 10 nitrogen and oxygen atoms in total. The molecule has 0 saturated carbocycles. The van der Waals surface area contributed by atoms with Crippen molar-refractivity contribution in [2.45, 2.75) is 18.8 Å². The van der Waals surface area contributed by atoms with Gasteiger partial charge in [0, 0.05) is 30.9 Å². The monoisotopic (exact) mass is 473 g/mol. The van der Waals surface area contributed by atoms with E-state index in [0.29, 0.717) is 22.8 Å². The Balaban J connectivity index is 2.02. The maximum Gasteiger partial charge on any atom is 0.340 e. The Bertz CT molecular complexity index is 1070. The molecule has 2 aromatic carbocycles. The van der Waals surface area contributed by atoms with E-state index in [9.17, 15) is 14.4 Å². The molecule has 1 aliphatic rings. The molecule has 0 N–H and O–H groups in total. The van der Waals surface area contributed by atoms with Crippen molar-refractivity contribution in [2.24, 2.45) is 0 Å². The third-order valence-corrected chi connectivity index (χ3v) is 5.65. The van der Waals surface area contributed by atoms with Gasteiger partial charge in [0.05, 0.1) is 53.9 Å². The van der Waals surface area contributed by atoms with Gasteiger partial charge in [0.25, 0.3) is 0 Å². The number of benzene rings is 2. The standard InChI is InChI=1S/C24H27NO9/c1-29-17-11-15(24(28)34-6)16(12-18(17)30-2)25-21(26)9-14(10-22(25)27)13-7-19(31-3)23(33-5)20(8-13)32-4/h7-8,11-12,14H,9-10H2,1-6H3. The second-order valence-corrected chi connectivity index (χ2v) is 7.40. The second-order valence-electron chi connectivity index (χ2n) is 7.40. The SMILES string of the molecule is COC(=O)c1cc(OC)c(OC)cc1N1C(=O)CC(c2cc(OC)c(OC)c(OC)c2)CC1=O. The van der Waals surface area contributed by atoms with Gasteiger partial charge in [0.2, 0.25) is 17.6 Å². The lowest BCUT2D eigenvalue weighted by molar-refractivity contribution is -0.129. The quantitative estimate of drug-likeness (QED) is 0.422. The smallest absolute Gasteiger partial charge is 0.340 e. The van der Waals surface area contributed by atoms with Crippen LogP contribution in [0.4, 0.5) is 5.69 Å². The topological polar surface area (TPSA) is 110 Å². The highest BCUT2D eigenvalue weighted by Gasteiger charge is 2.37. The Labute approximate surface area is 197 Å². The molecule has 0 aromatic heterocycles. The summed E-state index contributed by atoms with van der Waals surface area (Å²) in [6, 6.07) is 6.24. The predicted octanol–water partition coefficient (Wildman–Crippen LogP) is 2.95. The van der Waals surface area contributed by atoms with Crippen LogP contribution in [0.15, 0.2) is 24.3 Å². The molecule has 0 aliphatic carbocycles. The van der Waals surface area contributed by atoms with Crippen molar-refractivity contribution in [3.8, 4) is 28.7 Å². The second kappa shape index (κ2) is 10.3. The van der Waals surface area contributed by atoms with Crippen molar-refractivity contribution < 1.29 is 42.8 Å². The van der Waals surface area contributed by atoms with E-state index in [4.69, 9.17) is 28.4 Å². The van der Waals surface area contributed by atoms with Crippen molar-refractivity contribution in [3.63, 3.8) is 0 Å². The first kappa shape index (κ1) is 24.7. The molecule has 182 valence electrons. The van der Waals surface area contributed by atoms with E-state index in [1.807, 2.05) is 0 Å².